The SMILES string of the molecule is Nc1ccccc1SCCS(=O)(=O)NC1CCCOC1. The summed E-state index contributed by atoms with van der Waals surface area (Å²) in [6.07, 6.45) is 1.75. The Morgan fingerprint density at radius 3 is 2.90 bits per heavy atom. The lowest BCUT2D eigenvalue weighted by atomic mass is 10.1. The number of sulfonamides is 1. The van der Waals surface area contributed by atoms with Crippen LogP contribution in [0.15, 0.2) is 29.2 Å². The lowest BCUT2D eigenvalue weighted by molar-refractivity contribution is 0.0774. The molecule has 1 aliphatic heterocycles. The van der Waals surface area contributed by atoms with E-state index in [1.807, 2.05) is 24.3 Å². The van der Waals surface area contributed by atoms with Crippen LogP contribution in [0.4, 0.5) is 5.69 Å². The number of rotatable bonds is 6. The van der Waals surface area contributed by atoms with Crippen LogP contribution in [0, 0.1) is 0 Å². The van der Waals surface area contributed by atoms with Gasteiger partial charge in [-0.3, -0.25) is 0 Å². The average molecular weight is 316 g/mol. The van der Waals surface area contributed by atoms with Crippen molar-refractivity contribution in [1.82, 2.24) is 4.72 Å². The molecular formula is C13H20N2O3S2. The van der Waals surface area contributed by atoms with Crippen LogP contribution < -0.4 is 10.5 Å². The number of hydrogen-bond donors (Lipinski definition) is 2. The number of ether oxygens (including phenoxy) is 1. The summed E-state index contributed by atoms with van der Waals surface area (Å²) in [6, 6.07) is 7.38. The Morgan fingerprint density at radius 1 is 1.40 bits per heavy atom. The molecule has 20 heavy (non-hydrogen) atoms. The zero-order valence-corrected chi connectivity index (χ0v) is 12.9. The first-order valence-electron chi connectivity index (χ1n) is 6.62. The standard InChI is InChI=1S/C13H20N2O3S2/c14-12-5-1-2-6-13(12)19-8-9-20(16,17)15-11-4-3-7-18-10-11/h1-2,5-6,11,15H,3-4,7-10,14H2. The van der Waals surface area contributed by atoms with E-state index in [9.17, 15) is 8.42 Å². The molecule has 1 saturated heterocycles. The van der Waals surface area contributed by atoms with Crippen molar-refractivity contribution >= 4 is 27.5 Å². The number of nitrogens with two attached hydrogens (primary N) is 1. The second-order valence-electron chi connectivity index (χ2n) is 4.74. The number of nitrogen functional groups attached to an aromatic ring is 1. The molecule has 7 heteroatoms. The highest BCUT2D eigenvalue weighted by molar-refractivity contribution is 8.00. The van der Waals surface area contributed by atoms with Gasteiger partial charge in [-0.05, 0) is 25.0 Å². The molecular weight excluding hydrogens is 296 g/mol. The molecule has 2 rings (SSSR count). The van der Waals surface area contributed by atoms with Gasteiger partial charge in [0.1, 0.15) is 0 Å². The molecule has 1 unspecified atom stereocenters. The third-order valence-electron chi connectivity index (χ3n) is 3.04. The summed E-state index contributed by atoms with van der Waals surface area (Å²) in [4.78, 5) is 0.920. The number of thioether (sulfide) groups is 1. The monoisotopic (exact) mass is 316 g/mol. The Kier molecular flexibility index (Phi) is 5.71. The third-order valence-corrected chi connectivity index (χ3v) is 5.82. The van der Waals surface area contributed by atoms with Crippen molar-refractivity contribution < 1.29 is 13.2 Å². The van der Waals surface area contributed by atoms with Crippen LogP contribution in [-0.4, -0.2) is 39.2 Å². The zero-order valence-electron chi connectivity index (χ0n) is 11.2. The van der Waals surface area contributed by atoms with Gasteiger partial charge in [0.05, 0.1) is 12.4 Å². The molecule has 0 aromatic heterocycles. The van der Waals surface area contributed by atoms with E-state index in [1.54, 1.807) is 0 Å². The molecule has 0 spiro atoms. The minimum absolute atomic E-state index is 0.0828. The minimum Gasteiger partial charge on any atom is -0.398 e. The van der Waals surface area contributed by atoms with Crippen molar-refractivity contribution in [2.45, 2.75) is 23.8 Å². The van der Waals surface area contributed by atoms with Crippen LogP contribution in [0.5, 0.6) is 0 Å². The maximum atomic E-state index is 12.0. The van der Waals surface area contributed by atoms with Crippen molar-refractivity contribution in [1.29, 1.82) is 0 Å². The summed E-state index contributed by atoms with van der Waals surface area (Å²) in [6.45, 7) is 1.19. The first-order chi connectivity index (χ1) is 9.57. The molecule has 0 aliphatic carbocycles. The van der Waals surface area contributed by atoms with E-state index in [1.165, 1.54) is 11.8 Å². The van der Waals surface area contributed by atoms with E-state index in [-0.39, 0.29) is 11.8 Å². The van der Waals surface area contributed by atoms with Gasteiger partial charge in [-0.25, -0.2) is 13.1 Å². The molecule has 0 radical (unpaired) electrons. The normalized spacial score (nSPS) is 19.9. The number of anilines is 1. The Balaban J connectivity index is 1.79. The first-order valence-corrected chi connectivity index (χ1v) is 9.26. The zero-order chi connectivity index (χ0) is 14.4. The van der Waals surface area contributed by atoms with Gasteiger partial charge in [0.15, 0.2) is 0 Å². The van der Waals surface area contributed by atoms with E-state index < -0.39 is 10.0 Å². The lowest BCUT2D eigenvalue weighted by Crippen LogP contribution is -2.41. The smallest absolute Gasteiger partial charge is 0.212 e. The van der Waals surface area contributed by atoms with E-state index in [0.29, 0.717) is 18.0 Å². The van der Waals surface area contributed by atoms with Crippen molar-refractivity contribution in [2.75, 3.05) is 30.5 Å². The lowest BCUT2D eigenvalue weighted by Gasteiger charge is -2.22. The summed E-state index contributed by atoms with van der Waals surface area (Å²) >= 11 is 1.46. The molecule has 1 heterocycles. The summed E-state index contributed by atoms with van der Waals surface area (Å²) in [7, 11) is -3.26. The van der Waals surface area contributed by atoms with Crippen molar-refractivity contribution in [3.05, 3.63) is 24.3 Å². The Bertz CT molecular complexity index is 528. The number of hydrogen-bond acceptors (Lipinski definition) is 5. The second-order valence-corrected chi connectivity index (χ2v) is 7.75. The van der Waals surface area contributed by atoms with Gasteiger partial charge in [-0.2, -0.15) is 0 Å². The quantitative estimate of drug-likeness (QED) is 0.613. The van der Waals surface area contributed by atoms with Crippen LogP contribution >= 0.6 is 11.8 Å². The van der Waals surface area contributed by atoms with Crippen LogP contribution in [-0.2, 0) is 14.8 Å². The van der Waals surface area contributed by atoms with Crippen molar-refractivity contribution in [3.63, 3.8) is 0 Å². The second kappa shape index (κ2) is 7.31. The Labute approximate surface area is 124 Å². The van der Waals surface area contributed by atoms with Crippen LogP contribution in [0.1, 0.15) is 12.8 Å². The molecule has 0 bridgehead atoms. The van der Waals surface area contributed by atoms with Gasteiger partial charge in [0, 0.05) is 29.0 Å². The molecule has 1 aromatic carbocycles. The molecule has 0 saturated carbocycles. The molecule has 3 N–H and O–H groups in total. The van der Waals surface area contributed by atoms with Gasteiger partial charge in [-0.1, -0.05) is 12.1 Å². The fourth-order valence-corrected chi connectivity index (χ4v) is 4.67. The fraction of sp³-hybridized carbons (Fsp3) is 0.538. The summed E-state index contributed by atoms with van der Waals surface area (Å²) in [5.74, 6) is 0.569. The molecule has 0 amide bonds. The van der Waals surface area contributed by atoms with Gasteiger partial charge >= 0.3 is 0 Å². The maximum absolute atomic E-state index is 12.0. The highest BCUT2D eigenvalue weighted by Gasteiger charge is 2.20. The minimum atomic E-state index is -3.26. The molecule has 1 aromatic rings. The third kappa shape index (κ3) is 4.97. The van der Waals surface area contributed by atoms with Gasteiger partial charge in [0.25, 0.3) is 0 Å². The highest BCUT2D eigenvalue weighted by atomic mass is 32.2. The summed E-state index contributed by atoms with van der Waals surface area (Å²) in [5.41, 5.74) is 6.50. The number of para-hydroxylation sites is 1. The summed E-state index contributed by atoms with van der Waals surface area (Å²) in [5, 5.41) is 0. The van der Waals surface area contributed by atoms with E-state index in [4.69, 9.17) is 10.5 Å². The van der Waals surface area contributed by atoms with Gasteiger partial charge in [0.2, 0.25) is 10.0 Å². The molecule has 1 fully saturated rings. The first kappa shape index (κ1) is 15.6. The molecule has 1 aliphatic rings. The largest absolute Gasteiger partial charge is 0.398 e. The topological polar surface area (TPSA) is 81.4 Å². The van der Waals surface area contributed by atoms with E-state index in [2.05, 4.69) is 4.72 Å². The molecule has 5 nitrogen and oxygen atoms in total. The number of benzene rings is 1. The van der Waals surface area contributed by atoms with Crippen LogP contribution in [0.25, 0.3) is 0 Å². The van der Waals surface area contributed by atoms with Crippen molar-refractivity contribution in [2.24, 2.45) is 0 Å². The van der Waals surface area contributed by atoms with Crippen LogP contribution in [0.3, 0.4) is 0 Å². The predicted octanol–water partition coefficient (Wildman–Crippen LogP) is 1.46. The van der Waals surface area contributed by atoms with E-state index >= 15 is 0 Å². The maximum Gasteiger partial charge on any atom is 0.212 e. The summed E-state index contributed by atoms with van der Waals surface area (Å²) < 4.78 is 31.9. The molecule has 112 valence electrons. The number of nitrogens with one attached hydrogen (secondary N) is 1. The Hall–Kier alpha value is -0.760. The highest BCUT2D eigenvalue weighted by Crippen LogP contribution is 2.24. The van der Waals surface area contributed by atoms with E-state index in [0.717, 1.165) is 24.3 Å². The Morgan fingerprint density at radius 2 is 2.20 bits per heavy atom. The van der Waals surface area contributed by atoms with Gasteiger partial charge in [-0.15, -0.1) is 11.8 Å². The molecule has 1 atom stereocenters. The van der Waals surface area contributed by atoms with Crippen molar-refractivity contribution in [3.8, 4) is 0 Å². The van der Waals surface area contributed by atoms with Crippen LogP contribution in [0.2, 0.25) is 0 Å². The average Bonchev–Trinajstić information content (AvgIpc) is 2.41. The van der Waals surface area contributed by atoms with Gasteiger partial charge < -0.3 is 10.5 Å². The fourth-order valence-electron chi connectivity index (χ4n) is 2.02. The predicted molar refractivity (Wildman–Crippen MR) is 82.3 cm³/mol.